The maximum absolute atomic E-state index is 6.40. The van der Waals surface area contributed by atoms with Crippen LogP contribution in [0.5, 0.6) is 0 Å². The molecule has 0 aliphatic heterocycles. The molecule has 19 heavy (non-hydrogen) atoms. The van der Waals surface area contributed by atoms with Crippen LogP contribution in [0, 0.1) is 6.92 Å². The third-order valence-corrected chi connectivity index (χ3v) is 3.54. The topological polar surface area (TPSA) is 17.8 Å². The first kappa shape index (κ1) is 12.0. The third kappa shape index (κ3) is 2.15. The molecule has 2 nitrogen and oxygen atoms in total. The Morgan fingerprint density at radius 1 is 0.895 bits per heavy atom. The van der Waals surface area contributed by atoms with Gasteiger partial charge in [0.05, 0.1) is 11.4 Å². The largest absolute Gasteiger partial charge is 0.221 e. The van der Waals surface area contributed by atoms with Crippen LogP contribution in [0.2, 0.25) is 5.15 Å². The highest BCUT2D eigenvalue weighted by atomic mass is 35.5. The highest BCUT2D eigenvalue weighted by Crippen LogP contribution is 2.29. The Morgan fingerprint density at radius 3 is 2.11 bits per heavy atom. The molecule has 0 spiro atoms. The highest BCUT2D eigenvalue weighted by molar-refractivity contribution is 6.31. The predicted molar refractivity (Wildman–Crippen MR) is 78.7 cm³/mol. The molecule has 2 aromatic carbocycles. The number of rotatable bonds is 2. The van der Waals surface area contributed by atoms with Crippen molar-refractivity contribution in [3.63, 3.8) is 0 Å². The molecule has 0 saturated carbocycles. The summed E-state index contributed by atoms with van der Waals surface area (Å²) in [6, 6.07) is 20.0. The molecule has 0 amide bonds. The summed E-state index contributed by atoms with van der Waals surface area (Å²) in [6.07, 6.45) is 0. The summed E-state index contributed by atoms with van der Waals surface area (Å²) in [6.45, 7) is 2.00. The van der Waals surface area contributed by atoms with Crippen LogP contribution in [-0.2, 0) is 0 Å². The first-order valence-corrected chi connectivity index (χ1v) is 6.51. The van der Waals surface area contributed by atoms with Crippen LogP contribution in [0.15, 0.2) is 60.7 Å². The van der Waals surface area contributed by atoms with E-state index in [1.165, 1.54) is 0 Å². The fourth-order valence-corrected chi connectivity index (χ4v) is 2.31. The van der Waals surface area contributed by atoms with Crippen molar-refractivity contribution in [1.82, 2.24) is 9.78 Å². The molecule has 0 bridgehead atoms. The summed E-state index contributed by atoms with van der Waals surface area (Å²) < 4.78 is 1.78. The van der Waals surface area contributed by atoms with E-state index in [1.54, 1.807) is 4.68 Å². The average molecular weight is 269 g/mol. The number of hydrogen-bond acceptors (Lipinski definition) is 1. The van der Waals surface area contributed by atoms with Crippen molar-refractivity contribution >= 4 is 11.6 Å². The van der Waals surface area contributed by atoms with E-state index in [0.717, 1.165) is 22.5 Å². The second-order valence-electron chi connectivity index (χ2n) is 4.38. The smallest absolute Gasteiger partial charge is 0.136 e. The van der Waals surface area contributed by atoms with Crippen LogP contribution in [0.1, 0.15) is 5.56 Å². The van der Waals surface area contributed by atoms with E-state index in [2.05, 4.69) is 5.10 Å². The standard InChI is InChI=1S/C16H13ClN2/c1-12-15(13-8-4-2-5-9-13)18-19(16(12)17)14-10-6-3-7-11-14/h2-11H,1H3. The quantitative estimate of drug-likeness (QED) is 0.669. The Morgan fingerprint density at radius 2 is 1.47 bits per heavy atom. The van der Waals surface area contributed by atoms with E-state index < -0.39 is 0 Å². The van der Waals surface area contributed by atoms with Crippen LogP contribution in [0.25, 0.3) is 16.9 Å². The van der Waals surface area contributed by atoms with Gasteiger partial charge in [-0.3, -0.25) is 0 Å². The summed E-state index contributed by atoms with van der Waals surface area (Å²) >= 11 is 6.40. The van der Waals surface area contributed by atoms with E-state index in [4.69, 9.17) is 11.6 Å². The number of aromatic nitrogens is 2. The van der Waals surface area contributed by atoms with Crippen molar-refractivity contribution in [2.45, 2.75) is 6.92 Å². The van der Waals surface area contributed by atoms with Crippen LogP contribution in [0.4, 0.5) is 0 Å². The molecule has 0 N–H and O–H groups in total. The van der Waals surface area contributed by atoms with Crippen molar-refractivity contribution in [3.8, 4) is 16.9 Å². The van der Waals surface area contributed by atoms with E-state index >= 15 is 0 Å². The predicted octanol–water partition coefficient (Wildman–Crippen LogP) is 4.50. The van der Waals surface area contributed by atoms with Crippen molar-refractivity contribution < 1.29 is 0 Å². The van der Waals surface area contributed by atoms with Gasteiger partial charge >= 0.3 is 0 Å². The zero-order chi connectivity index (χ0) is 13.2. The highest BCUT2D eigenvalue weighted by Gasteiger charge is 2.14. The first-order chi connectivity index (χ1) is 9.27. The number of para-hydroxylation sites is 1. The Hall–Kier alpha value is -2.06. The van der Waals surface area contributed by atoms with Gasteiger partial charge in [-0.05, 0) is 19.1 Å². The van der Waals surface area contributed by atoms with E-state index in [-0.39, 0.29) is 0 Å². The second kappa shape index (κ2) is 4.90. The fourth-order valence-electron chi connectivity index (χ4n) is 2.09. The van der Waals surface area contributed by atoms with Crippen molar-refractivity contribution in [3.05, 3.63) is 71.4 Å². The van der Waals surface area contributed by atoms with E-state index in [0.29, 0.717) is 5.15 Å². The minimum absolute atomic E-state index is 0.657. The lowest BCUT2D eigenvalue weighted by atomic mass is 10.1. The third-order valence-electron chi connectivity index (χ3n) is 3.10. The summed E-state index contributed by atoms with van der Waals surface area (Å²) in [5.41, 5.74) is 3.97. The van der Waals surface area contributed by atoms with Gasteiger partial charge in [0, 0.05) is 11.1 Å². The van der Waals surface area contributed by atoms with Crippen LogP contribution in [0.3, 0.4) is 0 Å². The second-order valence-corrected chi connectivity index (χ2v) is 4.74. The maximum atomic E-state index is 6.40. The number of benzene rings is 2. The van der Waals surface area contributed by atoms with Crippen molar-refractivity contribution in [2.75, 3.05) is 0 Å². The van der Waals surface area contributed by atoms with Gasteiger partial charge in [0.2, 0.25) is 0 Å². The lowest BCUT2D eigenvalue weighted by Gasteiger charge is -2.01. The molecule has 0 unspecified atom stereocenters. The van der Waals surface area contributed by atoms with Gasteiger partial charge < -0.3 is 0 Å². The molecule has 0 aliphatic rings. The minimum Gasteiger partial charge on any atom is -0.221 e. The number of hydrogen-bond donors (Lipinski definition) is 0. The Kier molecular flexibility index (Phi) is 3.10. The van der Waals surface area contributed by atoms with Crippen LogP contribution in [-0.4, -0.2) is 9.78 Å². The molecule has 0 atom stereocenters. The molecule has 1 aromatic heterocycles. The average Bonchev–Trinajstić information content (AvgIpc) is 2.77. The van der Waals surface area contributed by atoms with Crippen LogP contribution >= 0.6 is 11.6 Å². The molecule has 0 aliphatic carbocycles. The lowest BCUT2D eigenvalue weighted by Crippen LogP contribution is -1.95. The summed E-state index contributed by atoms with van der Waals surface area (Å²) in [5.74, 6) is 0. The Bertz CT molecular complexity index is 628. The zero-order valence-corrected chi connectivity index (χ0v) is 11.3. The monoisotopic (exact) mass is 268 g/mol. The summed E-state index contributed by atoms with van der Waals surface area (Å²) in [4.78, 5) is 0. The SMILES string of the molecule is Cc1c(-c2ccccc2)nn(-c2ccccc2)c1Cl. The van der Waals surface area contributed by atoms with Gasteiger partial charge in [-0.2, -0.15) is 5.10 Å². The first-order valence-electron chi connectivity index (χ1n) is 6.13. The fraction of sp³-hybridized carbons (Fsp3) is 0.0625. The summed E-state index contributed by atoms with van der Waals surface area (Å²) in [5, 5.41) is 5.29. The normalized spacial score (nSPS) is 10.6. The molecule has 3 heteroatoms. The molecular weight excluding hydrogens is 256 g/mol. The molecule has 3 rings (SSSR count). The van der Waals surface area contributed by atoms with Crippen LogP contribution < -0.4 is 0 Å². The van der Waals surface area contributed by atoms with Crippen molar-refractivity contribution in [2.24, 2.45) is 0 Å². The number of halogens is 1. The van der Waals surface area contributed by atoms with Gasteiger partial charge in [0.25, 0.3) is 0 Å². The number of nitrogens with zero attached hydrogens (tertiary/aromatic N) is 2. The summed E-state index contributed by atoms with van der Waals surface area (Å²) in [7, 11) is 0. The van der Waals surface area contributed by atoms with E-state index in [9.17, 15) is 0 Å². The lowest BCUT2D eigenvalue weighted by molar-refractivity contribution is 0.885. The minimum atomic E-state index is 0.657. The van der Waals surface area contributed by atoms with Gasteiger partial charge in [-0.15, -0.1) is 0 Å². The molecule has 3 aromatic rings. The molecule has 1 heterocycles. The van der Waals surface area contributed by atoms with Gasteiger partial charge in [0.15, 0.2) is 0 Å². The van der Waals surface area contributed by atoms with Gasteiger partial charge in [0.1, 0.15) is 5.15 Å². The van der Waals surface area contributed by atoms with E-state index in [1.807, 2.05) is 67.6 Å². The maximum Gasteiger partial charge on any atom is 0.136 e. The molecule has 0 saturated heterocycles. The Balaban J connectivity index is 2.16. The Labute approximate surface area is 117 Å². The van der Waals surface area contributed by atoms with Gasteiger partial charge in [-0.25, -0.2) is 4.68 Å². The van der Waals surface area contributed by atoms with Gasteiger partial charge in [-0.1, -0.05) is 60.1 Å². The molecular formula is C16H13ClN2. The molecule has 0 radical (unpaired) electrons. The zero-order valence-electron chi connectivity index (χ0n) is 10.5. The van der Waals surface area contributed by atoms with Crippen molar-refractivity contribution in [1.29, 1.82) is 0 Å². The molecule has 94 valence electrons. The molecule has 0 fully saturated rings.